The summed E-state index contributed by atoms with van der Waals surface area (Å²) < 4.78 is 12.2. The third-order valence-electron chi connectivity index (χ3n) is 5.96. The minimum Gasteiger partial charge on any atom is -0.477 e. The van der Waals surface area contributed by atoms with Crippen LogP contribution in [0.3, 0.4) is 0 Å². The van der Waals surface area contributed by atoms with E-state index in [1.54, 1.807) is 11.3 Å². The van der Waals surface area contributed by atoms with Gasteiger partial charge in [-0.2, -0.15) is 0 Å². The summed E-state index contributed by atoms with van der Waals surface area (Å²) in [5.41, 5.74) is 4.95. The van der Waals surface area contributed by atoms with Crippen molar-refractivity contribution in [3.05, 3.63) is 86.3 Å². The highest BCUT2D eigenvalue weighted by Gasteiger charge is 2.34. The number of carbonyl (C=O) groups is 1. The first-order valence-electron chi connectivity index (χ1n) is 10.1. The Labute approximate surface area is 180 Å². The lowest BCUT2D eigenvalue weighted by Crippen LogP contribution is -2.34. The molecule has 2 aromatic carbocycles. The first kappa shape index (κ1) is 19.1. The molecule has 1 atom stereocenters. The van der Waals surface area contributed by atoms with E-state index in [0.717, 1.165) is 33.9 Å². The topological polar surface area (TPSA) is 38.8 Å². The van der Waals surface area contributed by atoms with E-state index in [0.29, 0.717) is 23.8 Å². The molecule has 0 saturated carbocycles. The van der Waals surface area contributed by atoms with Gasteiger partial charge in [-0.15, -0.1) is 11.3 Å². The second-order valence-corrected chi connectivity index (χ2v) is 8.83. The van der Waals surface area contributed by atoms with E-state index in [4.69, 9.17) is 9.47 Å². The number of carbonyl (C=O) groups excluding carboxylic acids is 1. The first-order valence-corrected chi connectivity index (χ1v) is 11.0. The molecule has 5 heteroatoms. The van der Waals surface area contributed by atoms with Crippen LogP contribution in [0.4, 0.5) is 0 Å². The number of fused-ring (bicyclic) bond motifs is 2. The van der Waals surface area contributed by atoms with Gasteiger partial charge in [0.2, 0.25) is 5.78 Å². The van der Waals surface area contributed by atoms with E-state index in [-0.39, 0.29) is 11.8 Å². The number of ketones is 1. The fraction of sp³-hybridized carbons (Fsp3) is 0.240. The smallest absolute Gasteiger partial charge is 0.232 e. The molecule has 152 valence electrons. The molecule has 0 radical (unpaired) electrons. The molecule has 0 N–H and O–H groups in total. The van der Waals surface area contributed by atoms with Crippen molar-refractivity contribution < 1.29 is 14.3 Å². The number of ether oxygens (including phenoxy) is 2. The van der Waals surface area contributed by atoms with Gasteiger partial charge in [0, 0.05) is 34.7 Å². The molecule has 0 aliphatic carbocycles. The standard InChI is InChI=1S/C25H23NO3S/c1-15-9-10-30-22(15)12-21-23(27)20-11-19-13-26(17(3)18-7-5-4-6-8-18)14-28-24(19)16(2)25(20)29-21/h4-12,17H,13-14H2,1-3H3/b21-12-. The predicted octanol–water partition coefficient (Wildman–Crippen LogP) is 5.89. The van der Waals surface area contributed by atoms with Crippen LogP contribution in [0, 0.1) is 13.8 Å². The quantitative estimate of drug-likeness (QED) is 0.498. The summed E-state index contributed by atoms with van der Waals surface area (Å²) in [5.74, 6) is 1.79. The SMILES string of the molecule is Cc1ccsc1/C=C1\Oc2c(cc3c(c2C)OCN(C(C)c2ccccc2)C3)C1=O. The molecule has 2 aliphatic rings. The van der Waals surface area contributed by atoms with Gasteiger partial charge in [-0.05, 0) is 49.4 Å². The fourth-order valence-corrected chi connectivity index (χ4v) is 4.96. The molecule has 2 aliphatic heterocycles. The van der Waals surface area contributed by atoms with Crippen molar-refractivity contribution >= 4 is 23.2 Å². The highest BCUT2D eigenvalue weighted by atomic mass is 32.1. The first-order chi connectivity index (χ1) is 14.5. The van der Waals surface area contributed by atoms with Crippen LogP contribution in [0.25, 0.3) is 6.08 Å². The van der Waals surface area contributed by atoms with Crippen molar-refractivity contribution in [2.45, 2.75) is 33.4 Å². The molecule has 5 rings (SSSR count). The zero-order valence-corrected chi connectivity index (χ0v) is 18.1. The highest BCUT2D eigenvalue weighted by Crippen LogP contribution is 2.44. The van der Waals surface area contributed by atoms with Crippen LogP contribution in [0.1, 0.15) is 50.5 Å². The highest BCUT2D eigenvalue weighted by molar-refractivity contribution is 7.11. The van der Waals surface area contributed by atoms with Crippen LogP contribution < -0.4 is 9.47 Å². The molecule has 0 fully saturated rings. The maximum Gasteiger partial charge on any atom is 0.232 e. The van der Waals surface area contributed by atoms with Crippen LogP contribution in [0.5, 0.6) is 11.5 Å². The number of Topliss-reactive ketones (excluding diaryl/α,β-unsaturated/α-hetero) is 1. The summed E-state index contributed by atoms with van der Waals surface area (Å²) in [7, 11) is 0. The van der Waals surface area contributed by atoms with Crippen molar-refractivity contribution in [3.63, 3.8) is 0 Å². The van der Waals surface area contributed by atoms with Crippen molar-refractivity contribution in [2.75, 3.05) is 6.73 Å². The minimum absolute atomic E-state index is 0.0584. The summed E-state index contributed by atoms with van der Waals surface area (Å²) in [5, 5.41) is 2.02. The fourth-order valence-electron chi connectivity index (χ4n) is 4.11. The Morgan fingerprint density at radius 2 is 1.93 bits per heavy atom. The van der Waals surface area contributed by atoms with Gasteiger partial charge in [-0.3, -0.25) is 9.69 Å². The van der Waals surface area contributed by atoms with Gasteiger partial charge in [-0.1, -0.05) is 30.3 Å². The third kappa shape index (κ3) is 3.15. The van der Waals surface area contributed by atoms with E-state index in [1.807, 2.05) is 43.5 Å². The number of allylic oxidation sites excluding steroid dienone is 1. The van der Waals surface area contributed by atoms with E-state index in [9.17, 15) is 4.79 Å². The third-order valence-corrected chi connectivity index (χ3v) is 6.92. The number of aryl methyl sites for hydroxylation is 1. The van der Waals surface area contributed by atoms with Gasteiger partial charge >= 0.3 is 0 Å². The lowest BCUT2D eigenvalue weighted by Gasteiger charge is -2.34. The van der Waals surface area contributed by atoms with Crippen molar-refractivity contribution in [3.8, 4) is 11.5 Å². The molecule has 3 heterocycles. The van der Waals surface area contributed by atoms with Gasteiger partial charge < -0.3 is 9.47 Å². The van der Waals surface area contributed by atoms with Gasteiger partial charge in [-0.25, -0.2) is 0 Å². The number of nitrogens with zero attached hydrogens (tertiary/aromatic N) is 1. The molecule has 1 aromatic heterocycles. The van der Waals surface area contributed by atoms with E-state index >= 15 is 0 Å². The van der Waals surface area contributed by atoms with Crippen LogP contribution in [0.15, 0.2) is 53.6 Å². The lowest BCUT2D eigenvalue weighted by atomic mass is 9.99. The normalized spacial score (nSPS) is 18.0. The Morgan fingerprint density at radius 1 is 1.13 bits per heavy atom. The Hall–Kier alpha value is -2.89. The predicted molar refractivity (Wildman–Crippen MR) is 119 cm³/mol. The number of hydrogen-bond acceptors (Lipinski definition) is 5. The molecular formula is C25H23NO3S. The van der Waals surface area contributed by atoms with Crippen molar-refractivity contribution in [1.29, 1.82) is 0 Å². The second-order valence-electron chi connectivity index (χ2n) is 7.88. The molecule has 0 saturated heterocycles. The number of benzene rings is 2. The summed E-state index contributed by atoms with van der Waals surface area (Å²) in [6.07, 6.45) is 1.85. The van der Waals surface area contributed by atoms with Crippen LogP contribution in [0.2, 0.25) is 0 Å². The average Bonchev–Trinajstić information content (AvgIpc) is 3.31. The van der Waals surface area contributed by atoms with Crippen LogP contribution in [-0.2, 0) is 6.54 Å². The zero-order valence-electron chi connectivity index (χ0n) is 17.3. The van der Waals surface area contributed by atoms with E-state index in [1.165, 1.54) is 5.56 Å². The van der Waals surface area contributed by atoms with E-state index < -0.39 is 0 Å². The Balaban J connectivity index is 1.46. The molecule has 4 nitrogen and oxygen atoms in total. The number of rotatable bonds is 3. The monoisotopic (exact) mass is 417 g/mol. The molecule has 0 amide bonds. The van der Waals surface area contributed by atoms with Crippen molar-refractivity contribution in [2.24, 2.45) is 0 Å². The summed E-state index contributed by atoms with van der Waals surface area (Å²) >= 11 is 1.61. The minimum atomic E-state index is -0.0584. The molecular weight excluding hydrogens is 394 g/mol. The van der Waals surface area contributed by atoms with Crippen LogP contribution in [-0.4, -0.2) is 17.4 Å². The van der Waals surface area contributed by atoms with Crippen LogP contribution >= 0.6 is 11.3 Å². The molecule has 3 aromatic rings. The zero-order chi connectivity index (χ0) is 20.8. The number of hydrogen-bond donors (Lipinski definition) is 0. The second kappa shape index (κ2) is 7.42. The number of thiophene rings is 1. The van der Waals surface area contributed by atoms with Gasteiger partial charge in [0.05, 0.1) is 5.56 Å². The van der Waals surface area contributed by atoms with Gasteiger partial charge in [0.15, 0.2) is 5.76 Å². The summed E-state index contributed by atoms with van der Waals surface area (Å²) in [6, 6.07) is 14.6. The maximum atomic E-state index is 13.1. The Kier molecular flexibility index (Phi) is 4.72. The summed E-state index contributed by atoms with van der Waals surface area (Å²) in [4.78, 5) is 16.4. The van der Waals surface area contributed by atoms with E-state index in [2.05, 4.69) is 36.1 Å². The van der Waals surface area contributed by atoms with Crippen molar-refractivity contribution in [1.82, 2.24) is 4.90 Å². The van der Waals surface area contributed by atoms with Gasteiger partial charge in [0.1, 0.15) is 18.2 Å². The molecule has 1 unspecified atom stereocenters. The average molecular weight is 418 g/mol. The Morgan fingerprint density at radius 3 is 2.67 bits per heavy atom. The molecule has 0 spiro atoms. The molecule has 0 bridgehead atoms. The largest absolute Gasteiger partial charge is 0.477 e. The molecule has 30 heavy (non-hydrogen) atoms. The maximum absolute atomic E-state index is 13.1. The summed E-state index contributed by atoms with van der Waals surface area (Å²) in [6.45, 7) is 7.43. The lowest BCUT2D eigenvalue weighted by molar-refractivity contribution is 0.0609. The van der Waals surface area contributed by atoms with Gasteiger partial charge in [0.25, 0.3) is 0 Å². The Bertz CT molecular complexity index is 1160.